The lowest BCUT2D eigenvalue weighted by Crippen LogP contribution is -2.53. The maximum absolute atomic E-state index is 3.88. The molecule has 1 saturated heterocycles. The summed E-state index contributed by atoms with van der Waals surface area (Å²) in [5.74, 6) is 0. The SMILES string of the molecule is CCCNC1CCCCCC1N1CCCCCC1CC. The Balaban J connectivity index is 2.05. The molecule has 2 fully saturated rings. The number of likely N-dealkylation sites (tertiary alicyclic amines) is 1. The minimum atomic E-state index is 0.754. The van der Waals surface area contributed by atoms with Crippen molar-refractivity contribution in [2.45, 2.75) is 103 Å². The third-order valence-corrected chi connectivity index (χ3v) is 5.46. The van der Waals surface area contributed by atoms with Gasteiger partial charge in [0.15, 0.2) is 0 Å². The summed E-state index contributed by atoms with van der Waals surface area (Å²) in [5, 5.41) is 3.88. The summed E-state index contributed by atoms with van der Waals surface area (Å²) in [7, 11) is 0. The monoisotopic (exact) mass is 280 g/mol. The van der Waals surface area contributed by atoms with Gasteiger partial charge in [0.1, 0.15) is 0 Å². The standard InChI is InChI=1S/C18H36N2/c1-3-14-19-17-12-8-5-9-13-18(17)20-15-10-6-7-11-16(20)4-2/h16-19H,3-15H2,1-2H3. The second-order valence-corrected chi connectivity index (χ2v) is 6.92. The smallest absolute Gasteiger partial charge is 0.0252 e. The normalized spacial score (nSPS) is 33.6. The summed E-state index contributed by atoms with van der Waals surface area (Å²) >= 11 is 0. The third-order valence-electron chi connectivity index (χ3n) is 5.46. The molecule has 0 amide bonds. The predicted molar refractivity (Wildman–Crippen MR) is 88.2 cm³/mol. The molecule has 1 aliphatic heterocycles. The first-order valence-electron chi connectivity index (χ1n) is 9.36. The number of rotatable bonds is 5. The van der Waals surface area contributed by atoms with E-state index >= 15 is 0 Å². The molecule has 0 spiro atoms. The average molecular weight is 280 g/mol. The van der Waals surface area contributed by atoms with Crippen molar-refractivity contribution >= 4 is 0 Å². The van der Waals surface area contributed by atoms with Crippen molar-refractivity contribution in [3.63, 3.8) is 0 Å². The van der Waals surface area contributed by atoms with E-state index in [4.69, 9.17) is 0 Å². The molecule has 3 atom stereocenters. The van der Waals surface area contributed by atoms with E-state index < -0.39 is 0 Å². The number of nitrogens with zero attached hydrogens (tertiary/aromatic N) is 1. The molecule has 2 heteroatoms. The summed E-state index contributed by atoms with van der Waals surface area (Å²) in [5.41, 5.74) is 0. The van der Waals surface area contributed by atoms with Gasteiger partial charge in [0.25, 0.3) is 0 Å². The Hall–Kier alpha value is -0.0800. The van der Waals surface area contributed by atoms with Crippen molar-refractivity contribution in [3.05, 3.63) is 0 Å². The topological polar surface area (TPSA) is 15.3 Å². The molecule has 3 unspecified atom stereocenters. The Labute approximate surface area is 126 Å². The molecule has 0 bridgehead atoms. The van der Waals surface area contributed by atoms with E-state index in [1.165, 1.54) is 83.7 Å². The van der Waals surface area contributed by atoms with E-state index in [1.807, 2.05) is 0 Å². The molecule has 2 rings (SSSR count). The molecule has 1 aliphatic carbocycles. The summed E-state index contributed by atoms with van der Waals surface area (Å²) in [6.07, 6.45) is 15.5. The summed E-state index contributed by atoms with van der Waals surface area (Å²) in [6, 6.07) is 2.42. The van der Waals surface area contributed by atoms with Gasteiger partial charge in [0.2, 0.25) is 0 Å². The van der Waals surface area contributed by atoms with E-state index in [2.05, 4.69) is 24.1 Å². The first-order valence-corrected chi connectivity index (χ1v) is 9.36. The number of hydrogen-bond acceptors (Lipinski definition) is 2. The van der Waals surface area contributed by atoms with E-state index in [9.17, 15) is 0 Å². The van der Waals surface area contributed by atoms with Crippen molar-refractivity contribution in [1.29, 1.82) is 0 Å². The van der Waals surface area contributed by atoms with Gasteiger partial charge in [0.05, 0.1) is 0 Å². The molecule has 0 aromatic carbocycles. The van der Waals surface area contributed by atoms with Gasteiger partial charge in [-0.3, -0.25) is 4.90 Å². The number of hydrogen-bond donors (Lipinski definition) is 1. The van der Waals surface area contributed by atoms with Gasteiger partial charge < -0.3 is 5.32 Å². The molecule has 0 radical (unpaired) electrons. The Morgan fingerprint density at radius 1 is 0.900 bits per heavy atom. The molecule has 2 aliphatic rings. The highest BCUT2D eigenvalue weighted by atomic mass is 15.2. The molecular weight excluding hydrogens is 244 g/mol. The molecule has 20 heavy (non-hydrogen) atoms. The fourth-order valence-electron chi connectivity index (χ4n) is 4.33. The van der Waals surface area contributed by atoms with Crippen LogP contribution in [0, 0.1) is 0 Å². The third kappa shape index (κ3) is 4.46. The lowest BCUT2D eigenvalue weighted by atomic mass is 9.97. The Kier molecular flexibility index (Phi) is 7.37. The minimum Gasteiger partial charge on any atom is -0.312 e. The van der Waals surface area contributed by atoms with Gasteiger partial charge in [-0.2, -0.15) is 0 Å². The molecule has 1 heterocycles. The second kappa shape index (κ2) is 9.04. The molecule has 0 aromatic heterocycles. The molecular formula is C18H36N2. The molecule has 118 valence electrons. The van der Waals surface area contributed by atoms with Crippen LogP contribution < -0.4 is 5.32 Å². The second-order valence-electron chi connectivity index (χ2n) is 6.92. The Bertz CT molecular complexity index is 254. The van der Waals surface area contributed by atoms with Crippen LogP contribution in [0.3, 0.4) is 0 Å². The lowest BCUT2D eigenvalue weighted by Gasteiger charge is -2.41. The van der Waals surface area contributed by atoms with E-state index in [1.54, 1.807) is 0 Å². The van der Waals surface area contributed by atoms with Gasteiger partial charge in [0, 0.05) is 18.1 Å². The van der Waals surface area contributed by atoms with Crippen LogP contribution in [0.25, 0.3) is 0 Å². The summed E-state index contributed by atoms with van der Waals surface area (Å²) in [6.45, 7) is 7.24. The van der Waals surface area contributed by atoms with Crippen LogP contribution in [0.15, 0.2) is 0 Å². The van der Waals surface area contributed by atoms with Crippen LogP contribution >= 0.6 is 0 Å². The van der Waals surface area contributed by atoms with Gasteiger partial charge in [-0.25, -0.2) is 0 Å². The van der Waals surface area contributed by atoms with Gasteiger partial charge in [-0.15, -0.1) is 0 Å². The molecule has 1 N–H and O–H groups in total. The highest BCUT2D eigenvalue weighted by Gasteiger charge is 2.32. The van der Waals surface area contributed by atoms with Crippen LogP contribution in [0.4, 0.5) is 0 Å². The fourth-order valence-corrected chi connectivity index (χ4v) is 4.33. The molecule has 1 saturated carbocycles. The van der Waals surface area contributed by atoms with Gasteiger partial charge in [-0.05, 0) is 51.6 Å². The average Bonchev–Trinajstić information content (AvgIpc) is 2.84. The van der Waals surface area contributed by atoms with Crippen LogP contribution in [-0.4, -0.2) is 36.1 Å². The zero-order valence-corrected chi connectivity index (χ0v) is 13.9. The first-order chi connectivity index (χ1) is 9.86. The molecule has 0 aromatic rings. The number of nitrogens with one attached hydrogen (secondary N) is 1. The van der Waals surface area contributed by atoms with Crippen molar-refractivity contribution in [3.8, 4) is 0 Å². The van der Waals surface area contributed by atoms with Crippen LogP contribution in [-0.2, 0) is 0 Å². The van der Waals surface area contributed by atoms with E-state index in [0.717, 1.165) is 18.1 Å². The summed E-state index contributed by atoms with van der Waals surface area (Å²) < 4.78 is 0. The van der Waals surface area contributed by atoms with Crippen molar-refractivity contribution in [1.82, 2.24) is 10.2 Å². The Morgan fingerprint density at radius 3 is 2.45 bits per heavy atom. The quantitative estimate of drug-likeness (QED) is 0.754. The zero-order valence-electron chi connectivity index (χ0n) is 13.9. The van der Waals surface area contributed by atoms with Crippen LogP contribution in [0.2, 0.25) is 0 Å². The van der Waals surface area contributed by atoms with Gasteiger partial charge in [-0.1, -0.05) is 46.0 Å². The van der Waals surface area contributed by atoms with Crippen LogP contribution in [0.5, 0.6) is 0 Å². The largest absolute Gasteiger partial charge is 0.312 e. The fraction of sp³-hybridized carbons (Fsp3) is 1.00. The Morgan fingerprint density at radius 2 is 1.65 bits per heavy atom. The van der Waals surface area contributed by atoms with Crippen molar-refractivity contribution in [2.24, 2.45) is 0 Å². The lowest BCUT2D eigenvalue weighted by molar-refractivity contribution is 0.0973. The van der Waals surface area contributed by atoms with Crippen LogP contribution in [0.1, 0.15) is 84.5 Å². The zero-order chi connectivity index (χ0) is 14.2. The maximum atomic E-state index is 3.88. The first kappa shape index (κ1) is 16.3. The summed E-state index contributed by atoms with van der Waals surface area (Å²) in [4.78, 5) is 2.92. The molecule has 2 nitrogen and oxygen atoms in total. The van der Waals surface area contributed by atoms with E-state index in [0.29, 0.717) is 0 Å². The van der Waals surface area contributed by atoms with Crippen molar-refractivity contribution < 1.29 is 0 Å². The predicted octanol–water partition coefficient (Wildman–Crippen LogP) is 4.34. The van der Waals surface area contributed by atoms with Crippen molar-refractivity contribution in [2.75, 3.05) is 13.1 Å². The highest BCUT2D eigenvalue weighted by molar-refractivity contribution is 4.90. The van der Waals surface area contributed by atoms with Gasteiger partial charge >= 0.3 is 0 Å². The minimum absolute atomic E-state index is 0.754. The maximum Gasteiger partial charge on any atom is 0.0252 e. The van der Waals surface area contributed by atoms with E-state index in [-0.39, 0.29) is 0 Å². The highest BCUT2D eigenvalue weighted by Crippen LogP contribution is 2.29.